The first-order chi connectivity index (χ1) is 8.13. The van der Waals surface area contributed by atoms with Crippen molar-refractivity contribution in [3.63, 3.8) is 0 Å². The van der Waals surface area contributed by atoms with Gasteiger partial charge < -0.3 is 9.15 Å². The Morgan fingerprint density at radius 1 is 1.41 bits per heavy atom. The Morgan fingerprint density at radius 2 is 2.18 bits per heavy atom. The molecule has 0 saturated carbocycles. The van der Waals surface area contributed by atoms with Crippen LogP contribution in [0.25, 0.3) is 0 Å². The highest BCUT2D eigenvalue weighted by molar-refractivity contribution is 6.32. The number of furan rings is 1. The van der Waals surface area contributed by atoms with E-state index in [0.717, 1.165) is 5.56 Å². The SMILES string of the molecule is COc1cc(C)c(Cl)cc1C(=O)c1ccco1. The maximum atomic E-state index is 12.1. The highest BCUT2D eigenvalue weighted by Crippen LogP contribution is 2.28. The molecule has 0 radical (unpaired) electrons. The molecule has 3 nitrogen and oxygen atoms in total. The molecule has 1 aromatic carbocycles. The fourth-order valence-electron chi connectivity index (χ4n) is 1.54. The fourth-order valence-corrected chi connectivity index (χ4v) is 1.71. The molecule has 0 fully saturated rings. The number of aryl methyl sites for hydroxylation is 1. The first-order valence-electron chi connectivity index (χ1n) is 5.06. The van der Waals surface area contributed by atoms with Crippen LogP contribution >= 0.6 is 11.6 Å². The molecule has 0 aliphatic heterocycles. The zero-order chi connectivity index (χ0) is 12.4. The van der Waals surface area contributed by atoms with Crippen molar-refractivity contribution in [2.24, 2.45) is 0 Å². The smallest absolute Gasteiger partial charge is 0.231 e. The lowest BCUT2D eigenvalue weighted by molar-refractivity contribution is 0.101. The maximum absolute atomic E-state index is 12.1. The largest absolute Gasteiger partial charge is 0.496 e. The van der Waals surface area contributed by atoms with E-state index in [1.165, 1.54) is 13.4 Å². The van der Waals surface area contributed by atoms with Crippen molar-refractivity contribution in [1.29, 1.82) is 0 Å². The normalized spacial score (nSPS) is 10.3. The average Bonchev–Trinajstić information content (AvgIpc) is 2.84. The Hall–Kier alpha value is -1.74. The van der Waals surface area contributed by atoms with Gasteiger partial charge in [0.1, 0.15) is 5.75 Å². The molecule has 0 amide bonds. The summed E-state index contributed by atoms with van der Waals surface area (Å²) in [5, 5.41) is 0.528. The van der Waals surface area contributed by atoms with Crippen LogP contribution in [0.15, 0.2) is 34.9 Å². The average molecular weight is 251 g/mol. The minimum atomic E-state index is -0.242. The molecule has 4 heteroatoms. The number of carbonyl (C=O) groups is 1. The van der Waals surface area contributed by atoms with E-state index in [1.54, 1.807) is 24.3 Å². The summed E-state index contributed by atoms with van der Waals surface area (Å²) >= 11 is 6.01. The summed E-state index contributed by atoms with van der Waals surface area (Å²) in [7, 11) is 1.52. The first kappa shape index (κ1) is 11.7. The molecule has 0 aliphatic carbocycles. The third-order valence-electron chi connectivity index (χ3n) is 2.47. The molecule has 0 saturated heterocycles. The summed E-state index contributed by atoms with van der Waals surface area (Å²) in [5.41, 5.74) is 1.26. The molecule has 0 spiro atoms. The number of ketones is 1. The topological polar surface area (TPSA) is 39.4 Å². The van der Waals surface area contributed by atoms with Gasteiger partial charge in [-0.25, -0.2) is 0 Å². The molecule has 2 aromatic rings. The van der Waals surface area contributed by atoms with Crippen molar-refractivity contribution in [2.45, 2.75) is 6.92 Å². The minimum absolute atomic E-state index is 0.242. The van der Waals surface area contributed by atoms with E-state index < -0.39 is 0 Å². The molecule has 17 heavy (non-hydrogen) atoms. The van der Waals surface area contributed by atoms with Gasteiger partial charge in [-0.2, -0.15) is 0 Å². The lowest BCUT2D eigenvalue weighted by Gasteiger charge is -2.08. The second-order valence-corrected chi connectivity index (χ2v) is 4.02. The summed E-state index contributed by atoms with van der Waals surface area (Å²) in [6.07, 6.45) is 1.45. The third-order valence-corrected chi connectivity index (χ3v) is 2.88. The Morgan fingerprint density at radius 3 is 2.76 bits per heavy atom. The third kappa shape index (κ3) is 2.19. The van der Waals surface area contributed by atoms with Gasteiger partial charge in [0, 0.05) is 5.02 Å². The number of carbonyl (C=O) groups excluding carboxylic acids is 1. The molecule has 0 aliphatic rings. The Kier molecular flexibility index (Phi) is 3.20. The summed E-state index contributed by atoms with van der Waals surface area (Å²) in [6, 6.07) is 6.60. The van der Waals surface area contributed by atoms with Crippen LogP contribution < -0.4 is 4.74 Å². The lowest BCUT2D eigenvalue weighted by atomic mass is 10.1. The zero-order valence-electron chi connectivity index (χ0n) is 9.49. The molecule has 1 heterocycles. The molecule has 0 atom stereocenters. The fraction of sp³-hybridized carbons (Fsp3) is 0.154. The second-order valence-electron chi connectivity index (χ2n) is 3.61. The summed E-state index contributed by atoms with van der Waals surface area (Å²) in [4.78, 5) is 12.1. The van der Waals surface area contributed by atoms with Crippen molar-refractivity contribution in [1.82, 2.24) is 0 Å². The number of rotatable bonds is 3. The van der Waals surface area contributed by atoms with Gasteiger partial charge in [-0.05, 0) is 36.8 Å². The number of hydrogen-bond acceptors (Lipinski definition) is 3. The van der Waals surface area contributed by atoms with E-state index in [1.807, 2.05) is 6.92 Å². The number of benzene rings is 1. The van der Waals surface area contributed by atoms with E-state index in [9.17, 15) is 4.79 Å². The molecule has 2 rings (SSSR count). The molecule has 88 valence electrons. The predicted molar refractivity (Wildman–Crippen MR) is 64.9 cm³/mol. The van der Waals surface area contributed by atoms with Gasteiger partial charge >= 0.3 is 0 Å². The van der Waals surface area contributed by atoms with Crippen LogP contribution in [0, 0.1) is 6.92 Å². The van der Waals surface area contributed by atoms with Gasteiger partial charge in [0.15, 0.2) is 5.76 Å². The number of methoxy groups -OCH3 is 1. The van der Waals surface area contributed by atoms with Crippen molar-refractivity contribution in [3.05, 3.63) is 52.4 Å². The molecular weight excluding hydrogens is 240 g/mol. The number of hydrogen-bond donors (Lipinski definition) is 0. The van der Waals surface area contributed by atoms with Gasteiger partial charge in [-0.15, -0.1) is 0 Å². The Labute approximate surface area is 104 Å². The predicted octanol–water partition coefficient (Wildman–Crippen LogP) is 3.48. The van der Waals surface area contributed by atoms with Gasteiger partial charge in [-0.3, -0.25) is 4.79 Å². The Balaban J connectivity index is 2.51. The molecule has 0 bridgehead atoms. The Bertz CT molecular complexity index is 544. The van der Waals surface area contributed by atoms with Crippen molar-refractivity contribution < 1.29 is 13.9 Å². The van der Waals surface area contributed by atoms with E-state index in [4.69, 9.17) is 20.8 Å². The molecule has 1 aromatic heterocycles. The van der Waals surface area contributed by atoms with E-state index in [2.05, 4.69) is 0 Å². The highest BCUT2D eigenvalue weighted by Gasteiger charge is 2.18. The van der Waals surface area contributed by atoms with E-state index in [0.29, 0.717) is 16.3 Å². The van der Waals surface area contributed by atoms with Crippen molar-refractivity contribution >= 4 is 17.4 Å². The summed E-state index contributed by atoms with van der Waals surface area (Å²) < 4.78 is 10.3. The molecular formula is C13H11ClO3. The number of halogens is 1. The number of ether oxygens (including phenoxy) is 1. The van der Waals surface area contributed by atoms with Crippen LogP contribution in [0.4, 0.5) is 0 Å². The molecule has 0 unspecified atom stereocenters. The van der Waals surface area contributed by atoms with E-state index in [-0.39, 0.29) is 11.5 Å². The quantitative estimate of drug-likeness (QED) is 0.783. The van der Waals surface area contributed by atoms with Gasteiger partial charge in [-0.1, -0.05) is 11.6 Å². The van der Waals surface area contributed by atoms with Crippen LogP contribution in [-0.2, 0) is 0 Å². The second kappa shape index (κ2) is 4.63. The lowest BCUT2D eigenvalue weighted by Crippen LogP contribution is -2.03. The molecule has 0 N–H and O–H groups in total. The van der Waals surface area contributed by atoms with Crippen LogP contribution in [0.2, 0.25) is 5.02 Å². The van der Waals surface area contributed by atoms with Crippen LogP contribution in [-0.4, -0.2) is 12.9 Å². The first-order valence-corrected chi connectivity index (χ1v) is 5.43. The van der Waals surface area contributed by atoms with Gasteiger partial charge in [0.2, 0.25) is 5.78 Å². The van der Waals surface area contributed by atoms with Crippen LogP contribution in [0.5, 0.6) is 5.75 Å². The highest BCUT2D eigenvalue weighted by atomic mass is 35.5. The zero-order valence-corrected chi connectivity index (χ0v) is 10.2. The van der Waals surface area contributed by atoms with Gasteiger partial charge in [0.05, 0.1) is 18.9 Å². The van der Waals surface area contributed by atoms with Gasteiger partial charge in [0.25, 0.3) is 0 Å². The van der Waals surface area contributed by atoms with Crippen molar-refractivity contribution in [3.8, 4) is 5.75 Å². The standard InChI is InChI=1S/C13H11ClO3/c1-8-6-12(16-2)9(7-10(8)14)13(15)11-4-3-5-17-11/h3-7H,1-2H3. The monoisotopic (exact) mass is 250 g/mol. The van der Waals surface area contributed by atoms with Crippen molar-refractivity contribution in [2.75, 3.05) is 7.11 Å². The maximum Gasteiger partial charge on any atom is 0.231 e. The minimum Gasteiger partial charge on any atom is -0.496 e. The summed E-state index contributed by atoms with van der Waals surface area (Å²) in [5.74, 6) is 0.519. The van der Waals surface area contributed by atoms with Crippen LogP contribution in [0.3, 0.4) is 0 Å². The summed E-state index contributed by atoms with van der Waals surface area (Å²) in [6.45, 7) is 1.85. The van der Waals surface area contributed by atoms with Crippen LogP contribution in [0.1, 0.15) is 21.7 Å². The van der Waals surface area contributed by atoms with E-state index >= 15 is 0 Å².